The molecule has 1 heteroatoms. The highest BCUT2D eigenvalue weighted by molar-refractivity contribution is 5.97. The Bertz CT molecular complexity index is 227. The third-order valence-corrected chi connectivity index (χ3v) is 0.898. The van der Waals surface area contributed by atoms with Gasteiger partial charge in [0.1, 0.15) is 0 Å². The van der Waals surface area contributed by atoms with E-state index in [1.807, 2.05) is 13.8 Å². The SMILES string of the molecule is CC#CC#CC(=O)C(C)C. The fourth-order valence-electron chi connectivity index (χ4n) is 0.300. The van der Waals surface area contributed by atoms with Crippen LogP contribution in [0.4, 0.5) is 0 Å². The van der Waals surface area contributed by atoms with Crippen molar-refractivity contribution < 1.29 is 4.79 Å². The zero-order chi connectivity index (χ0) is 7.98. The van der Waals surface area contributed by atoms with Gasteiger partial charge in [-0.3, -0.25) is 4.79 Å². The molecule has 0 saturated heterocycles. The van der Waals surface area contributed by atoms with Crippen LogP contribution in [0.5, 0.6) is 0 Å². The van der Waals surface area contributed by atoms with E-state index in [9.17, 15) is 4.79 Å². The Morgan fingerprint density at radius 1 is 1.30 bits per heavy atom. The lowest BCUT2D eigenvalue weighted by Crippen LogP contribution is -2.02. The van der Waals surface area contributed by atoms with Crippen LogP contribution in [-0.4, -0.2) is 5.78 Å². The second-order valence-corrected chi connectivity index (χ2v) is 2.14. The summed E-state index contributed by atoms with van der Waals surface area (Å²) >= 11 is 0. The van der Waals surface area contributed by atoms with Crippen LogP contribution in [0, 0.1) is 29.6 Å². The zero-order valence-electron chi connectivity index (χ0n) is 6.49. The summed E-state index contributed by atoms with van der Waals surface area (Å²) in [5.41, 5.74) is 0. The number of carbonyl (C=O) groups is 1. The van der Waals surface area contributed by atoms with Crippen LogP contribution in [-0.2, 0) is 4.79 Å². The first-order valence-corrected chi connectivity index (χ1v) is 3.15. The van der Waals surface area contributed by atoms with Crippen molar-refractivity contribution in [3.63, 3.8) is 0 Å². The topological polar surface area (TPSA) is 17.1 Å². The Hall–Kier alpha value is -1.21. The number of Topliss-reactive ketones (excluding diaryl/α,β-unsaturated/α-hetero) is 1. The summed E-state index contributed by atoms with van der Waals surface area (Å²) < 4.78 is 0. The Morgan fingerprint density at radius 2 is 1.90 bits per heavy atom. The van der Waals surface area contributed by atoms with Crippen molar-refractivity contribution >= 4 is 5.78 Å². The molecule has 0 atom stereocenters. The molecule has 0 fully saturated rings. The summed E-state index contributed by atoms with van der Waals surface area (Å²) in [6.45, 7) is 5.32. The summed E-state index contributed by atoms with van der Waals surface area (Å²) in [5.74, 6) is 9.90. The summed E-state index contributed by atoms with van der Waals surface area (Å²) in [6, 6.07) is 0. The highest BCUT2D eigenvalue weighted by Gasteiger charge is 2.00. The quantitative estimate of drug-likeness (QED) is 0.389. The number of carbonyl (C=O) groups excluding carboxylic acids is 1. The van der Waals surface area contributed by atoms with E-state index in [4.69, 9.17) is 0 Å². The molecule has 0 aliphatic heterocycles. The van der Waals surface area contributed by atoms with Gasteiger partial charge in [0.2, 0.25) is 5.78 Å². The van der Waals surface area contributed by atoms with Crippen molar-refractivity contribution in [3.05, 3.63) is 0 Å². The Morgan fingerprint density at radius 3 is 2.30 bits per heavy atom. The second-order valence-electron chi connectivity index (χ2n) is 2.14. The van der Waals surface area contributed by atoms with E-state index in [1.54, 1.807) is 6.92 Å². The molecule has 0 bridgehead atoms. The monoisotopic (exact) mass is 134 g/mol. The predicted molar refractivity (Wildman–Crippen MR) is 41.1 cm³/mol. The van der Waals surface area contributed by atoms with Crippen LogP contribution in [0.15, 0.2) is 0 Å². The van der Waals surface area contributed by atoms with Gasteiger partial charge in [0, 0.05) is 5.92 Å². The molecule has 0 radical (unpaired) electrons. The fraction of sp³-hybridized carbons (Fsp3) is 0.444. The highest BCUT2D eigenvalue weighted by Crippen LogP contribution is 1.90. The molecular weight excluding hydrogens is 124 g/mol. The molecule has 0 aromatic rings. The van der Waals surface area contributed by atoms with Crippen LogP contribution in [0.2, 0.25) is 0 Å². The van der Waals surface area contributed by atoms with Gasteiger partial charge in [-0.2, -0.15) is 0 Å². The molecule has 0 aromatic heterocycles. The molecule has 0 saturated carbocycles. The predicted octanol–water partition coefficient (Wildman–Crippen LogP) is 1.24. The number of rotatable bonds is 1. The normalized spacial score (nSPS) is 7.20. The average molecular weight is 134 g/mol. The summed E-state index contributed by atoms with van der Waals surface area (Å²) in [4.78, 5) is 10.8. The van der Waals surface area contributed by atoms with E-state index in [1.165, 1.54) is 0 Å². The minimum Gasteiger partial charge on any atom is -0.285 e. The van der Waals surface area contributed by atoms with Crippen molar-refractivity contribution in [1.82, 2.24) is 0 Å². The van der Waals surface area contributed by atoms with E-state index in [0.29, 0.717) is 0 Å². The minimum atomic E-state index is -0.0530. The van der Waals surface area contributed by atoms with Gasteiger partial charge in [0.15, 0.2) is 0 Å². The van der Waals surface area contributed by atoms with E-state index < -0.39 is 0 Å². The van der Waals surface area contributed by atoms with Gasteiger partial charge in [-0.1, -0.05) is 19.8 Å². The second kappa shape index (κ2) is 4.65. The lowest BCUT2D eigenvalue weighted by atomic mass is 10.1. The maximum atomic E-state index is 10.8. The van der Waals surface area contributed by atoms with Gasteiger partial charge in [-0.05, 0) is 24.7 Å². The van der Waals surface area contributed by atoms with Crippen molar-refractivity contribution in [2.45, 2.75) is 20.8 Å². The van der Waals surface area contributed by atoms with Crippen molar-refractivity contribution in [1.29, 1.82) is 0 Å². The maximum absolute atomic E-state index is 10.8. The third kappa shape index (κ3) is 3.75. The Kier molecular flexibility index (Phi) is 4.09. The number of ketones is 1. The molecular formula is C9H10O. The molecule has 0 rings (SSSR count). The standard InChI is InChI=1S/C9H10O/c1-4-5-6-7-9(10)8(2)3/h8H,1-3H3. The van der Waals surface area contributed by atoms with Crippen LogP contribution in [0.3, 0.4) is 0 Å². The Labute approximate surface area is 61.8 Å². The number of hydrogen-bond donors (Lipinski definition) is 0. The third-order valence-electron chi connectivity index (χ3n) is 0.898. The van der Waals surface area contributed by atoms with Crippen molar-refractivity contribution in [3.8, 4) is 23.7 Å². The fourth-order valence-corrected chi connectivity index (χ4v) is 0.300. The summed E-state index contributed by atoms with van der Waals surface area (Å²) in [6.07, 6.45) is 0. The Balaban J connectivity index is 4.02. The van der Waals surface area contributed by atoms with Crippen LogP contribution in [0.25, 0.3) is 0 Å². The maximum Gasteiger partial charge on any atom is 0.208 e. The summed E-state index contributed by atoms with van der Waals surface area (Å²) in [7, 11) is 0. The molecule has 0 heterocycles. The lowest BCUT2D eigenvalue weighted by Gasteiger charge is -1.90. The van der Waals surface area contributed by atoms with Crippen LogP contribution < -0.4 is 0 Å². The number of hydrogen-bond acceptors (Lipinski definition) is 1. The first-order chi connectivity index (χ1) is 4.68. The van der Waals surface area contributed by atoms with Crippen molar-refractivity contribution in [2.24, 2.45) is 5.92 Å². The van der Waals surface area contributed by atoms with Gasteiger partial charge in [0.25, 0.3) is 0 Å². The molecule has 0 aliphatic rings. The molecule has 52 valence electrons. The molecule has 10 heavy (non-hydrogen) atoms. The van der Waals surface area contributed by atoms with Gasteiger partial charge in [-0.15, -0.1) is 0 Å². The van der Waals surface area contributed by atoms with Gasteiger partial charge in [-0.25, -0.2) is 0 Å². The minimum absolute atomic E-state index is 0.00819. The van der Waals surface area contributed by atoms with E-state index in [2.05, 4.69) is 23.7 Å². The molecule has 0 aromatic carbocycles. The molecule has 0 aliphatic carbocycles. The largest absolute Gasteiger partial charge is 0.285 e. The molecule has 1 nitrogen and oxygen atoms in total. The molecule has 0 spiro atoms. The summed E-state index contributed by atoms with van der Waals surface area (Å²) in [5, 5.41) is 0. The van der Waals surface area contributed by atoms with Crippen LogP contribution >= 0.6 is 0 Å². The molecule has 0 unspecified atom stereocenters. The first-order valence-electron chi connectivity index (χ1n) is 3.15. The molecule has 0 N–H and O–H groups in total. The molecule has 0 amide bonds. The van der Waals surface area contributed by atoms with Crippen molar-refractivity contribution in [2.75, 3.05) is 0 Å². The van der Waals surface area contributed by atoms with E-state index in [0.717, 1.165) is 0 Å². The van der Waals surface area contributed by atoms with Gasteiger partial charge in [0.05, 0.1) is 0 Å². The lowest BCUT2D eigenvalue weighted by molar-refractivity contribution is -0.116. The van der Waals surface area contributed by atoms with Gasteiger partial charge < -0.3 is 0 Å². The smallest absolute Gasteiger partial charge is 0.208 e. The highest BCUT2D eigenvalue weighted by atomic mass is 16.1. The van der Waals surface area contributed by atoms with E-state index in [-0.39, 0.29) is 11.7 Å². The van der Waals surface area contributed by atoms with Crippen LogP contribution in [0.1, 0.15) is 20.8 Å². The zero-order valence-corrected chi connectivity index (χ0v) is 6.49. The van der Waals surface area contributed by atoms with E-state index >= 15 is 0 Å². The van der Waals surface area contributed by atoms with Gasteiger partial charge >= 0.3 is 0 Å². The average Bonchev–Trinajstić information content (AvgIpc) is 1.88. The first kappa shape index (κ1) is 8.79.